The Morgan fingerprint density at radius 1 is 1.00 bits per heavy atom. The van der Waals surface area contributed by atoms with E-state index in [0.29, 0.717) is 19.5 Å². The van der Waals surface area contributed by atoms with Gasteiger partial charge in [-0.15, -0.1) is 24.9 Å². The molecule has 8 heteroatoms. The van der Waals surface area contributed by atoms with Crippen LogP contribution in [0, 0.1) is 17.8 Å². The minimum Gasteiger partial charge on any atom is -0.394 e. The number of carbonyl (C=O) groups is 3. The number of benzene rings is 3. The fourth-order valence-corrected chi connectivity index (χ4v) is 10.2. The molecule has 2 unspecified atom stereocenters. The highest BCUT2D eigenvalue weighted by molar-refractivity contribution is 8.02. The highest BCUT2D eigenvalue weighted by Gasteiger charge is 2.74. The lowest BCUT2D eigenvalue weighted by Gasteiger charge is -2.40. The van der Waals surface area contributed by atoms with Gasteiger partial charge >= 0.3 is 0 Å². The number of likely N-dealkylation sites (tertiary alicyclic amines) is 1. The SMILES string of the molecule is C=CCN(Cc1ccccc1)C(=O)[C@@H]1[C@H]2C(=O)N([C@@H](CO)C(C)C)C(C(=O)N(CC=C)c3ccc4ccccc4c3)C23CC[C@H]1S3. The van der Waals surface area contributed by atoms with Gasteiger partial charge in [0.05, 0.1) is 29.2 Å². The zero-order valence-electron chi connectivity index (χ0n) is 26.6. The van der Waals surface area contributed by atoms with Crippen LogP contribution < -0.4 is 4.90 Å². The molecule has 0 aliphatic carbocycles. The van der Waals surface area contributed by atoms with Crippen molar-refractivity contribution in [3.63, 3.8) is 0 Å². The molecule has 3 aliphatic heterocycles. The molecular weight excluding hydrogens is 595 g/mol. The number of aliphatic hydroxyl groups excluding tert-OH is 1. The second-order valence-corrected chi connectivity index (χ2v) is 14.7. The number of fused-ring (bicyclic) bond motifs is 2. The number of anilines is 1. The molecule has 240 valence electrons. The van der Waals surface area contributed by atoms with Crippen molar-refractivity contribution < 1.29 is 19.5 Å². The first kappa shape index (κ1) is 32.1. The lowest BCUT2D eigenvalue weighted by molar-refractivity contribution is -0.146. The number of amides is 3. The molecule has 3 fully saturated rings. The largest absolute Gasteiger partial charge is 0.394 e. The van der Waals surface area contributed by atoms with E-state index in [1.54, 1.807) is 38.6 Å². The normalized spacial score (nSPS) is 25.5. The number of thioether (sulfide) groups is 1. The van der Waals surface area contributed by atoms with Crippen LogP contribution in [0.5, 0.6) is 0 Å². The summed E-state index contributed by atoms with van der Waals surface area (Å²) in [6.45, 7) is 12.6. The quantitative estimate of drug-likeness (QED) is 0.259. The Morgan fingerprint density at radius 3 is 2.37 bits per heavy atom. The molecule has 6 rings (SSSR count). The fourth-order valence-electron chi connectivity index (χ4n) is 7.98. The van der Waals surface area contributed by atoms with Gasteiger partial charge in [-0.2, -0.15) is 0 Å². The Bertz CT molecular complexity index is 1640. The molecule has 0 radical (unpaired) electrons. The zero-order valence-corrected chi connectivity index (χ0v) is 27.4. The van der Waals surface area contributed by atoms with Gasteiger partial charge in [0.1, 0.15) is 6.04 Å². The van der Waals surface area contributed by atoms with E-state index in [0.717, 1.165) is 28.4 Å². The summed E-state index contributed by atoms with van der Waals surface area (Å²) in [6.07, 6.45) is 4.84. The molecule has 3 aromatic carbocycles. The van der Waals surface area contributed by atoms with Crippen molar-refractivity contribution in [3.05, 3.63) is 104 Å². The number of hydrogen-bond acceptors (Lipinski definition) is 5. The Morgan fingerprint density at radius 2 is 1.70 bits per heavy atom. The topological polar surface area (TPSA) is 81.2 Å². The van der Waals surface area contributed by atoms with E-state index in [4.69, 9.17) is 0 Å². The van der Waals surface area contributed by atoms with Crippen molar-refractivity contribution in [2.45, 2.75) is 55.3 Å². The van der Waals surface area contributed by atoms with Crippen LogP contribution in [0.3, 0.4) is 0 Å². The minimum atomic E-state index is -0.828. The molecule has 3 heterocycles. The Hall–Kier alpha value is -3.88. The molecular formula is C38H43N3O4S. The lowest BCUT2D eigenvalue weighted by Crippen LogP contribution is -2.58. The van der Waals surface area contributed by atoms with Gasteiger partial charge in [-0.3, -0.25) is 14.4 Å². The van der Waals surface area contributed by atoms with Gasteiger partial charge in [0.2, 0.25) is 11.8 Å². The molecule has 3 aromatic rings. The van der Waals surface area contributed by atoms with Crippen LogP contribution in [0.1, 0.15) is 32.3 Å². The zero-order chi connectivity index (χ0) is 32.6. The molecule has 3 saturated heterocycles. The lowest BCUT2D eigenvalue weighted by atomic mass is 9.70. The summed E-state index contributed by atoms with van der Waals surface area (Å²) in [6, 6.07) is 22.4. The van der Waals surface area contributed by atoms with Crippen molar-refractivity contribution in [2.24, 2.45) is 17.8 Å². The Labute approximate surface area is 275 Å². The van der Waals surface area contributed by atoms with Crippen molar-refractivity contribution in [1.82, 2.24) is 9.80 Å². The third-order valence-corrected chi connectivity index (χ3v) is 12.0. The smallest absolute Gasteiger partial charge is 0.251 e. The van der Waals surface area contributed by atoms with Crippen molar-refractivity contribution in [1.29, 1.82) is 0 Å². The number of aliphatic hydroxyl groups is 1. The number of hydrogen-bond donors (Lipinski definition) is 1. The molecule has 46 heavy (non-hydrogen) atoms. The number of carbonyl (C=O) groups excluding carboxylic acids is 3. The Kier molecular flexibility index (Phi) is 9.12. The third-order valence-electron chi connectivity index (χ3n) is 10.1. The van der Waals surface area contributed by atoms with Crippen LogP contribution in [-0.2, 0) is 20.9 Å². The first-order chi connectivity index (χ1) is 22.2. The molecule has 1 N–H and O–H groups in total. The first-order valence-corrected chi connectivity index (χ1v) is 17.1. The van der Waals surface area contributed by atoms with Crippen LogP contribution in [-0.4, -0.2) is 74.4 Å². The van der Waals surface area contributed by atoms with Crippen LogP contribution in [0.25, 0.3) is 10.8 Å². The maximum atomic E-state index is 15.0. The summed E-state index contributed by atoms with van der Waals surface area (Å²) in [5.74, 6) is -1.78. The summed E-state index contributed by atoms with van der Waals surface area (Å²) in [5.41, 5.74) is 1.73. The van der Waals surface area contributed by atoms with E-state index in [-0.39, 0.29) is 42.0 Å². The van der Waals surface area contributed by atoms with Gasteiger partial charge < -0.3 is 19.8 Å². The van der Waals surface area contributed by atoms with E-state index < -0.39 is 28.7 Å². The van der Waals surface area contributed by atoms with Gasteiger partial charge in [-0.1, -0.05) is 86.7 Å². The summed E-state index contributed by atoms with van der Waals surface area (Å²) < 4.78 is -0.773. The monoisotopic (exact) mass is 637 g/mol. The molecule has 0 aromatic heterocycles. The molecule has 3 amide bonds. The predicted octanol–water partition coefficient (Wildman–Crippen LogP) is 5.68. The number of nitrogens with zero attached hydrogens (tertiary/aromatic N) is 3. The standard InChI is InChI=1S/C38H43N3O4S/c1-5-20-39(23-26-12-8-7-9-13-26)35(43)32-31-18-19-38(46-31)33(32)36(44)41(30(24-42)25(3)4)34(38)37(45)40(21-6-2)29-17-16-27-14-10-11-15-28(27)22-29/h5-17,22,25,30-34,42H,1-2,18-21,23-24H2,3-4H3/t30-,31+,32-,33-,34?,38?/m0/s1. The maximum Gasteiger partial charge on any atom is 0.251 e. The molecule has 3 aliphatic rings. The van der Waals surface area contributed by atoms with E-state index >= 15 is 4.79 Å². The molecule has 0 saturated carbocycles. The number of rotatable bonds is 12. The van der Waals surface area contributed by atoms with Gasteiger partial charge in [0.15, 0.2) is 0 Å². The summed E-state index contributed by atoms with van der Waals surface area (Å²) in [7, 11) is 0. The molecule has 1 spiro atoms. The summed E-state index contributed by atoms with van der Waals surface area (Å²) in [4.78, 5) is 49.5. The second-order valence-electron chi connectivity index (χ2n) is 13.1. The van der Waals surface area contributed by atoms with E-state index in [9.17, 15) is 14.7 Å². The van der Waals surface area contributed by atoms with Gasteiger partial charge in [0, 0.05) is 30.6 Å². The highest BCUT2D eigenvalue weighted by Crippen LogP contribution is 2.67. The van der Waals surface area contributed by atoms with Crippen molar-refractivity contribution in [2.75, 3.05) is 24.6 Å². The van der Waals surface area contributed by atoms with Gasteiger partial charge in [-0.05, 0) is 47.2 Å². The first-order valence-electron chi connectivity index (χ1n) is 16.2. The van der Waals surface area contributed by atoms with Gasteiger partial charge in [-0.25, -0.2) is 0 Å². The van der Waals surface area contributed by atoms with Crippen molar-refractivity contribution in [3.8, 4) is 0 Å². The van der Waals surface area contributed by atoms with Crippen molar-refractivity contribution >= 4 is 45.9 Å². The molecule has 2 bridgehead atoms. The Balaban J connectivity index is 1.42. The average molecular weight is 638 g/mol. The summed E-state index contributed by atoms with van der Waals surface area (Å²) in [5, 5.41) is 12.7. The van der Waals surface area contributed by atoms with E-state index in [1.807, 2.05) is 86.6 Å². The van der Waals surface area contributed by atoms with Gasteiger partial charge in [0.25, 0.3) is 5.91 Å². The third kappa shape index (κ3) is 5.35. The summed E-state index contributed by atoms with van der Waals surface area (Å²) >= 11 is 1.65. The second kappa shape index (κ2) is 13.1. The highest BCUT2D eigenvalue weighted by atomic mass is 32.2. The molecule has 6 atom stereocenters. The fraction of sp³-hybridized carbons (Fsp3) is 0.395. The van der Waals surface area contributed by atoms with Crippen LogP contribution in [0.4, 0.5) is 5.69 Å². The van der Waals surface area contributed by atoms with E-state index in [1.165, 1.54) is 0 Å². The predicted molar refractivity (Wildman–Crippen MR) is 185 cm³/mol. The van der Waals surface area contributed by atoms with Crippen LogP contribution in [0.15, 0.2) is 98.1 Å². The maximum absolute atomic E-state index is 15.0. The van der Waals surface area contributed by atoms with E-state index in [2.05, 4.69) is 13.2 Å². The minimum absolute atomic E-state index is 0.0675. The van der Waals surface area contributed by atoms with Crippen LogP contribution in [0.2, 0.25) is 0 Å². The van der Waals surface area contributed by atoms with Crippen LogP contribution >= 0.6 is 11.8 Å². The average Bonchev–Trinajstić information content (AvgIpc) is 3.71. The molecule has 7 nitrogen and oxygen atoms in total.